The van der Waals surface area contributed by atoms with Crippen molar-refractivity contribution in [2.24, 2.45) is 0 Å². The van der Waals surface area contributed by atoms with Crippen molar-refractivity contribution in [2.75, 3.05) is 43.4 Å². The second-order valence-electron chi connectivity index (χ2n) is 11.9. The van der Waals surface area contributed by atoms with Gasteiger partial charge in [0.05, 0.1) is 6.54 Å². The van der Waals surface area contributed by atoms with E-state index in [-0.39, 0.29) is 12.5 Å². The van der Waals surface area contributed by atoms with Crippen molar-refractivity contribution in [3.63, 3.8) is 0 Å². The number of nitrogens with zero attached hydrogens (tertiary/aromatic N) is 5. The molecule has 46 heavy (non-hydrogen) atoms. The average Bonchev–Trinajstić information content (AvgIpc) is 3.01. The molecule has 0 radical (unpaired) electrons. The average molecular weight is 623 g/mol. The molecule has 242 valence electrons. The molecule has 0 spiro atoms. The molecule has 9 nitrogen and oxygen atoms in total. The Kier molecular flexibility index (Phi) is 11.5. The molecule has 0 aliphatic carbocycles. The molecule has 1 N–H and O–H groups in total. The Labute approximate surface area is 273 Å². The van der Waals surface area contributed by atoms with Gasteiger partial charge in [0, 0.05) is 37.6 Å². The highest BCUT2D eigenvalue weighted by molar-refractivity contribution is 5.94. The second-order valence-corrected chi connectivity index (χ2v) is 11.9. The van der Waals surface area contributed by atoms with Crippen LogP contribution in [0.25, 0.3) is 0 Å². The van der Waals surface area contributed by atoms with Crippen LogP contribution in [0.15, 0.2) is 66.9 Å². The lowest BCUT2D eigenvalue weighted by Crippen LogP contribution is -2.36. The number of hydrogen-bond donors (Lipinski definition) is 1. The maximum absolute atomic E-state index is 13.8. The number of hydrogen-bond acceptors (Lipinski definition) is 7. The maximum atomic E-state index is 13.8. The highest BCUT2D eigenvalue weighted by Crippen LogP contribution is 2.27. The van der Waals surface area contributed by atoms with Gasteiger partial charge >= 0.3 is 6.09 Å². The van der Waals surface area contributed by atoms with Crippen LogP contribution in [-0.2, 0) is 6.54 Å². The number of nitrogens with one attached hydrogen (secondary N) is 1. The van der Waals surface area contributed by atoms with E-state index in [4.69, 9.17) is 9.72 Å². The van der Waals surface area contributed by atoms with Gasteiger partial charge in [-0.1, -0.05) is 60.9 Å². The Morgan fingerprint density at radius 1 is 0.804 bits per heavy atom. The van der Waals surface area contributed by atoms with E-state index < -0.39 is 6.09 Å². The maximum Gasteiger partial charge on any atom is 0.421 e. The number of aryl methyl sites for hydroxylation is 5. The third-order valence-corrected chi connectivity index (χ3v) is 7.93. The van der Waals surface area contributed by atoms with Crippen molar-refractivity contribution in [1.82, 2.24) is 19.8 Å². The van der Waals surface area contributed by atoms with E-state index in [1.807, 2.05) is 65.9 Å². The summed E-state index contributed by atoms with van der Waals surface area (Å²) in [7, 11) is 1.83. The molecule has 0 aliphatic heterocycles. The quantitative estimate of drug-likeness (QED) is 0.176. The summed E-state index contributed by atoms with van der Waals surface area (Å²) < 4.78 is 6.00. The SMILES string of the molecule is CCN(CC)CCN(C)C(=O)c1ccc(Nc2nccc(N(Cc3cc(C)cc(C)c3)C(=O)Oc3c(C)cc(C)cc3C)n2)cc1. The minimum absolute atomic E-state index is 0.0310. The van der Waals surface area contributed by atoms with Gasteiger partial charge < -0.3 is 19.9 Å². The molecule has 2 amide bonds. The fourth-order valence-electron chi connectivity index (χ4n) is 5.59. The van der Waals surface area contributed by atoms with Crippen LogP contribution in [0.5, 0.6) is 5.75 Å². The molecular weight excluding hydrogens is 576 g/mol. The number of anilines is 3. The Morgan fingerprint density at radius 2 is 1.41 bits per heavy atom. The molecule has 3 aromatic carbocycles. The Balaban J connectivity index is 1.55. The third-order valence-electron chi connectivity index (χ3n) is 7.93. The van der Waals surface area contributed by atoms with Gasteiger partial charge in [0.15, 0.2) is 0 Å². The molecule has 1 heterocycles. The van der Waals surface area contributed by atoms with Gasteiger partial charge in [-0.05, 0) is 94.7 Å². The van der Waals surface area contributed by atoms with E-state index in [0.717, 1.165) is 53.0 Å². The van der Waals surface area contributed by atoms with Crippen LogP contribution < -0.4 is 15.0 Å². The Morgan fingerprint density at radius 3 is 2.02 bits per heavy atom. The van der Waals surface area contributed by atoms with Gasteiger partial charge in [-0.25, -0.2) is 9.78 Å². The fourth-order valence-corrected chi connectivity index (χ4v) is 5.59. The van der Waals surface area contributed by atoms with Crippen molar-refractivity contribution in [2.45, 2.75) is 55.0 Å². The van der Waals surface area contributed by atoms with Crippen LogP contribution in [0.1, 0.15) is 57.6 Å². The van der Waals surface area contributed by atoms with Crippen LogP contribution >= 0.6 is 0 Å². The van der Waals surface area contributed by atoms with Crippen molar-refractivity contribution in [3.8, 4) is 5.75 Å². The van der Waals surface area contributed by atoms with E-state index in [0.29, 0.717) is 35.3 Å². The van der Waals surface area contributed by atoms with Gasteiger partial charge in [0.1, 0.15) is 11.6 Å². The molecule has 4 rings (SSSR count). The minimum atomic E-state index is -0.535. The summed E-state index contributed by atoms with van der Waals surface area (Å²) >= 11 is 0. The van der Waals surface area contributed by atoms with Gasteiger partial charge in [-0.3, -0.25) is 9.69 Å². The van der Waals surface area contributed by atoms with E-state index in [1.54, 1.807) is 29.3 Å². The summed E-state index contributed by atoms with van der Waals surface area (Å²) in [4.78, 5) is 41.4. The topological polar surface area (TPSA) is 90.9 Å². The summed E-state index contributed by atoms with van der Waals surface area (Å²) in [6, 6.07) is 19.1. The number of carbonyl (C=O) groups excluding carboxylic acids is 2. The summed E-state index contributed by atoms with van der Waals surface area (Å²) in [6.07, 6.45) is 1.07. The van der Waals surface area contributed by atoms with Crippen molar-refractivity contribution >= 4 is 29.5 Å². The largest absolute Gasteiger partial charge is 0.421 e. The molecule has 0 bridgehead atoms. The second kappa shape index (κ2) is 15.5. The number of aromatic nitrogens is 2. The first-order valence-electron chi connectivity index (χ1n) is 15.8. The highest BCUT2D eigenvalue weighted by Gasteiger charge is 2.23. The van der Waals surface area contributed by atoms with E-state index in [2.05, 4.69) is 47.2 Å². The number of ether oxygens (including phenoxy) is 1. The van der Waals surface area contributed by atoms with E-state index in [1.165, 1.54) is 4.90 Å². The number of benzene rings is 3. The predicted molar refractivity (Wildman–Crippen MR) is 185 cm³/mol. The molecule has 0 saturated carbocycles. The van der Waals surface area contributed by atoms with Gasteiger partial charge in [0.2, 0.25) is 5.95 Å². The molecule has 0 atom stereocenters. The molecule has 9 heteroatoms. The zero-order valence-electron chi connectivity index (χ0n) is 28.3. The van der Waals surface area contributed by atoms with Crippen LogP contribution in [0, 0.1) is 34.6 Å². The van der Waals surface area contributed by atoms with E-state index in [9.17, 15) is 9.59 Å². The molecular formula is C37H46N6O3. The van der Waals surface area contributed by atoms with Crippen molar-refractivity contribution < 1.29 is 14.3 Å². The minimum Gasteiger partial charge on any atom is -0.409 e. The van der Waals surface area contributed by atoms with Crippen LogP contribution in [0.2, 0.25) is 0 Å². The molecule has 0 fully saturated rings. The zero-order valence-corrected chi connectivity index (χ0v) is 28.3. The first-order chi connectivity index (χ1) is 22.0. The molecule has 4 aromatic rings. The van der Waals surface area contributed by atoms with Crippen LogP contribution in [0.3, 0.4) is 0 Å². The summed E-state index contributed by atoms with van der Waals surface area (Å²) in [5.41, 5.74) is 7.38. The van der Waals surface area contributed by atoms with Crippen LogP contribution in [-0.4, -0.2) is 65.0 Å². The Hall–Kier alpha value is -4.76. The van der Waals surface area contributed by atoms with Gasteiger partial charge in [-0.15, -0.1) is 0 Å². The standard InChI is InChI=1S/C37H46N6O3/c1-9-42(10-2)18-17-41(8)35(44)31-11-13-32(14-12-31)39-36-38-16-15-33(40-36)43(24-30-22-25(3)19-26(4)23-30)37(45)46-34-28(6)20-27(5)21-29(34)7/h11-16,19-23H,9-10,17-18,24H2,1-8H3,(H,38,39,40). The summed E-state index contributed by atoms with van der Waals surface area (Å²) in [5.74, 6) is 1.22. The zero-order chi connectivity index (χ0) is 33.4. The lowest BCUT2D eigenvalue weighted by molar-refractivity contribution is 0.0779. The summed E-state index contributed by atoms with van der Waals surface area (Å²) in [5, 5.41) is 3.21. The molecule has 0 aliphatic rings. The summed E-state index contributed by atoms with van der Waals surface area (Å²) in [6.45, 7) is 17.9. The van der Waals surface area contributed by atoms with Gasteiger partial charge in [0.25, 0.3) is 5.91 Å². The highest BCUT2D eigenvalue weighted by atomic mass is 16.6. The first kappa shape index (κ1) is 34.1. The van der Waals surface area contributed by atoms with E-state index >= 15 is 0 Å². The smallest absolute Gasteiger partial charge is 0.409 e. The number of amides is 2. The number of rotatable bonds is 12. The van der Waals surface area contributed by atoms with Crippen LogP contribution in [0.4, 0.5) is 22.2 Å². The van der Waals surface area contributed by atoms with Crippen molar-refractivity contribution in [1.29, 1.82) is 0 Å². The third kappa shape index (κ3) is 8.91. The van der Waals surface area contributed by atoms with Crippen molar-refractivity contribution in [3.05, 3.63) is 106 Å². The lowest BCUT2D eigenvalue weighted by atomic mass is 10.1. The number of likely N-dealkylation sites (N-methyl/N-ethyl adjacent to an activating group) is 2. The fraction of sp³-hybridized carbons (Fsp3) is 0.351. The molecule has 0 unspecified atom stereocenters. The molecule has 0 saturated heterocycles. The molecule has 1 aromatic heterocycles. The number of carbonyl (C=O) groups is 2. The predicted octanol–water partition coefficient (Wildman–Crippen LogP) is 7.38. The normalized spacial score (nSPS) is 11.0. The monoisotopic (exact) mass is 622 g/mol. The Bertz CT molecular complexity index is 1620. The first-order valence-corrected chi connectivity index (χ1v) is 15.8. The van der Waals surface area contributed by atoms with Gasteiger partial charge in [-0.2, -0.15) is 4.98 Å². The lowest BCUT2D eigenvalue weighted by Gasteiger charge is -2.23.